The second kappa shape index (κ2) is 7.51. The smallest absolute Gasteiger partial charge is 0.193 e. The molecule has 2 heterocycles. The normalized spacial score (nSPS) is 22.1. The Balaban J connectivity index is 1.32. The van der Waals surface area contributed by atoms with Gasteiger partial charge >= 0.3 is 0 Å². The maximum atomic E-state index is 5.74. The van der Waals surface area contributed by atoms with E-state index in [4.69, 9.17) is 9.47 Å². The van der Waals surface area contributed by atoms with E-state index in [0.717, 1.165) is 24.6 Å². The third-order valence-electron chi connectivity index (χ3n) is 4.47. The lowest BCUT2D eigenvalue weighted by molar-refractivity contribution is 0.298. The largest absolute Gasteiger partial charge is 0.478 e. The summed E-state index contributed by atoms with van der Waals surface area (Å²) >= 11 is 0. The molecule has 25 heavy (non-hydrogen) atoms. The number of aliphatic imine (C=N–C) groups is 2. The first-order chi connectivity index (χ1) is 12.3. The predicted octanol–water partition coefficient (Wildman–Crippen LogP) is 3.46. The zero-order valence-corrected chi connectivity index (χ0v) is 14.2. The third-order valence-corrected chi connectivity index (χ3v) is 4.47. The van der Waals surface area contributed by atoms with Crippen LogP contribution in [0.1, 0.15) is 17.5 Å². The van der Waals surface area contributed by atoms with Crippen molar-refractivity contribution in [2.24, 2.45) is 9.98 Å². The molecule has 0 saturated carbocycles. The summed E-state index contributed by atoms with van der Waals surface area (Å²) in [6.07, 6.45) is 2.39. The topological polar surface area (TPSA) is 43.2 Å². The number of nitrogens with zero attached hydrogens (tertiary/aromatic N) is 2. The molecule has 4 rings (SSSR count). The first-order valence-electron chi connectivity index (χ1n) is 8.82. The van der Waals surface area contributed by atoms with E-state index in [-0.39, 0.29) is 12.1 Å². The van der Waals surface area contributed by atoms with Gasteiger partial charge in [-0.2, -0.15) is 0 Å². The van der Waals surface area contributed by atoms with Crippen LogP contribution in [-0.2, 0) is 22.3 Å². The fourth-order valence-corrected chi connectivity index (χ4v) is 3.25. The van der Waals surface area contributed by atoms with Crippen LogP contribution in [-0.4, -0.2) is 37.1 Å². The SMILES string of the molecule is c1ccc(CC2COC(CC3=NC(Cc4ccccc4)CO3)=N2)cc1. The Morgan fingerprint density at radius 3 is 1.56 bits per heavy atom. The lowest BCUT2D eigenvalue weighted by Crippen LogP contribution is -2.10. The van der Waals surface area contributed by atoms with Crippen LogP contribution in [0.4, 0.5) is 0 Å². The van der Waals surface area contributed by atoms with Gasteiger partial charge in [-0.15, -0.1) is 0 Å². The molecule has 0 radical (unpaired) electrons. The summed E-state index contributed by atoms with van der Waals surface area (Å²) in [6.45, 7) is 1.29. The lowest BCUT2D eigenvalue weighted by Gasteiger charge is -2.04. The summed E-state index contributed by atoms with van der Waals surface area (Å²) in [5.41, 5.74) is 2.58. The van der Waals surface area contributed by atoms with Gasteiger partial charge in [0.25, 0.3) is 0 Å². The number of hydrogen-bond donors (Lipinski definition) is 0. The van der Waals surface area contributed by atoms with Crippen LogP contribution >= 0.6 is 0 Å². The van der Waals surface area contributed by atoms with Gasteiger partial charge in [-0.1, -0.05) is 60.7 Å². The fraction of sp³-hybridized carbons (Fsp3) is 0.333. The minimum absolute atomic E-state index is 0.194. The molecule has 128 valence electrons. The van der Waals surface area contributed by atoms with E-state index in [1.807, 2.05) is 12.1 Å². The van der Waals surface area contributed by atoms with Crippen LogP contribution in [0.2, 0.25) is 0 Å². The molecular formula is C21H22N2O2. The van der Waals surface area contributed by atoms with Crippen molar-refractivity contribution in [3.05, 3.63) is 71.8 Å². The summed E-state index contributed by atoms with van der Waals surface area (Å²) in [6, 6.07) is 21.2. The molecule has 4 heteroatoms. The van der Waals surface area contributed by atoms with Crippen molar-refractivity contribution in [2.45, 2.75) is 31.3 Å². The quantitative estimate of drug-likeness (QED) is 0.812. The summed E-state index contributed by atoms with van der Waals surface area (Å²) in [5.74, 6) is 1.50. The van der Waals surface area contributed by atoms with Crippen molar-refractivity contribution in [3.63, 3.8) is 0 Å². The summed E-state index contributed by atoms with van der Waals surface area (Å²) < 4.78 is 11.5. The van der Waals surface area contributed by atoms with E-state index in [2.05, 4.69) is 58.5 Å². The Morgan fingerprint density at radius 1 is 0.680 bits per heavy atom. The van der Waals surface area contributed by atoms with Gasteiger partial charge in [0, 0.05) is 0 Å². The molecule has 2 aromatic rings. The Hall–Kier alpha value is -2.62. The second-order valence-corrected chi connectivity index (χ2v) is 6.53. The Kier molecular flexibility index (Phi) is 4.77. The molecule has 2 aromatic carbocycles. The zero-order chi connectivity index (χ0) is 16.9. The highest BCUT2D eigenvalue weighted by Crippen LogP contribution is 2.17. The number of ether oxygens (including phenoxy) is 2. The van der Waals surface area contributed by atoms with Crippen LogP contribution < -0.4 is 0 Å². The molecule has 0 aromatic heterocycles. The summed E-state index contributed by atoms with van der Waals surface area (Å²) in [7, 11) is 0. The van der Waals surface area contributed by atoms with Crippen LogP contribution in [0.25, 0.3) is 0 Å². The van der Waals surface area contributed by atoms with E-state index in [1.54, 1.807) is 0 Å². The first kappa shape index (κ1) is 15.9. The van der Waals surface area contributed by atoms with Gasteiger partial charge in [-0.25, -0.2) is 9.98 Å². The van der Waals surface area contributed by atoms with Gasteiger partial charge in [-0.3, -0.25) is 0 Å². The number of rotatable bonds is 6. The molecule has 0 spiro atoms. The molecule has 2 atom stereocenters. The Bertz CT molecular complexity index is 690. The van der Waals surface area contributed by atoms with Crippen LogP contribution in [0.15, 0.2) is 70.6 Å². The number of benzene rings is 2. The minimum Gasteiger partial charge on any atom is -0.478 e. The molecule has 0 amide bonds. The van der Waals surface area contributed by atoms with Gasteiger partial charge in [0.15, 0.2) is 11.8 Å². The standard InChI is InChI=1S/C21H22N2O2/c1-3-7-16(8-4-1)11-18-14-24-20(22-18)13-21-23-19(15-25-21)12-17-9-5-2-6-10-17/h1-10,18-19H,11-15H2. The molecule has 0 aliphatic carbocycles. The van der Waals surface area contributed by atoms with E-state index in [0.29, 0.717) is 19.6 Å². The van der Waals surface area contributed by atoms with Gasteiger partial charge in [0.2, 0.25) is 0 Å². The average molecular weight is 334 g/mol. The maximum absolute atomic E-state index is 5.74. The first-order valence-corrected chi connectivity index (χ1v) is 8.82. The molecule has 2 unspecified atom stereocenters. The van der Waals surface area contributed by atoms with Gasteiger partial charge < -0.3 is 9.47 Å². The maximum Gasteiger partial charge on any atom is 0.193 e. The molecule has 2 aliphatic heterocycles. The average Bonchev–Trinajstić information content (AvgIpc) is 3.27. The van der Waals surface area contributed by atoms with Crippen molar-refractivity contribution < 1.29 is 9.47 Å². The second-order valence-electron chi connectivity index (χ2n) is 6.53. The monoisotopic (exact) mass is 334 g/mol. The van der Waals surface area contributed by atoms with Gasteiger partial charge in [-0.05, 0) is 24.0 Å². The third kappa shape index (κ3) is 4.27. The molecule has 0 fully saturated rings. The highest BCUT2D eigenvalue weighted by atomic mass is 16.5. The van der Waals surface area contributed by atoms with Gasteiger partial charge in [0.05, 0.1) is 18.5 Å². The molecule has 0 saturated heterocycles. The van der Waals surface area contributed by atoms with E-state index in [1.165, 1.54) is 11.1 Å². The van der Waals surface area contributed by atoms with Crippen LogP contribution in [0.3, 0.4) is 0 Å². The van der Waals surface area contributed by atoms with Crippen molar-refractivity contribution in [1.82, 2.24) is 0 Å². The van der Waals surface area contributed by atoms with E-state index in [9.17, 15) is 0 Å². The molecule has 0 N–H and O–H groups in total. The van der Waals surface area contributed by atoms with Crippen LogP contribution in [0, 0.1) is 0 Å². The Morgan fingerprint density at radius 2 is 1.12 bits per heavy atom. The number of hydrogen-bond acceptors (Lipinski definition) is 4. The highest BCUT2D eigenvalue weighted by Gasteiger charge is 2.25. The van der Waals surface area contributed by atoms with E-state index < -0.39 is 0 Å². The summed E-state index contributed by atoms with van der Waals surface area (Å²) in [4.78, 5) is 9.38. The summed E-state index contributed by atoms with van der Waals surface area (Å²) in [5, 5.41) is 0. The molecule has 0 bridgehead atoms. The molecular weight excluding hydrogens is 312 g/mol. The Labute approximate surface area is 148 Å². The predicted molar refractivity (Wildman–Crippen MR) is 99.3 cm³/mol. The van der Waals surface area contributed by atoms with Crippen molar-refractivity contribution in [1.29, 1.82) is 0 Å². The van der Waals surface area contributed by atoms with Crippen molar-refractivity contribution in [2.75, 3.05) is 13.2 Å². The molecule has 4 nitrogen and oxygen atoms in total. The highest BCUT2D eigenvalue weighted by molar-refractivity contribution is 5.98. The van der Waals surface area contributed by atoms with Crippen molar-refractivity contribution in [3.8, 4) is 0 Å². The zero-order valence-electron chi connectivity index (χ0n) is 14.2. The van der Waals surface area contributed by atoms with Crippen molar-refractivity contribution >= 4 is 11.8 Å². The molecule has 2 aliphatic rings. The van der Waals surface area contributed by atoms with E-state index >= 15 is 0 Å². The van der Waals surface area contributed by atoms with Crippen LogP contribution in [0.5, 0.6) is 0 Å². The minimum atomic E-state index is 0.194. The lowest BCUT2D eigenvalue weighted by atomic mass is 10.1. The van der Waals surface area contributed by atoms with Gasteiger partial charge in [0.1, 0.15) is 13.2 Å². The fourth-order valence-electron chi connectivity index (χ4n) is 3.25.